The van der Waals surface area contributed by atoms with E-state index in [0.717, 1.165) is 16.3 Å². The number of nitrogens with one attached hydrogen (secondary N) is 2. The van der Waals surface area contributed by atoms with Gasteiger partial charge in [-0.2, -0.15) is 0 Å². The van der Waals surface area contributed by atoms with Crippen molar-refractivity contribution in [3.05, 3.63) is 77.9 Å². The van der Waals surface area contributed by atoms with Crippen LogP contribution in [0.4, 0.5) is 10.5 Å². The average molecular weight is 518 g/mol. The summed E-state index contributed by atoms with van der Waals surface area (Å²) in [6.45, 7) is 11.1. The number of carbonyl (C=O) groups excluding carboxylic acids is 3. The maximum absolute atomic E-state index is 13.9. The van der Waals surface area contributed by atoms with Gasteiger partial charge in [-0.05, 0) is 67.6 Å². The van der Waals surface area contributed by atoms with Crippen molar-refractivity contribution in [1.82, 2.24) is 10.2 Å². The summed E-state index contributed by atoms with van der Waals surface area (Å²) in [6.07, 6.45) is -0.0177. The van der Waals surface area contributed by atoms with E-state index in [9.17, 15) is 14.4 Å². The number of ether oxygens (including phenoxy) is 1. The molecule has 3 atom stereocenters. The van der Waals surface area contributed by atoms with Crippen LogP contribution < -0.4 is 10.6 Å². The minimum atomic E-state index is -0.915. The Kier molecular flexibility index (Phi) is 9.15. The zero-order valence-electron chi connectivity index (χ0n) is 23.4. The number of alkyl carbamates (subject to hydrolysis) is 1. The fourth-order valence-electron chi connectivity index (χ4n) is 4.36. The van der Waals surface area contributed by atoms with Crippen molar-refractivity contribution in [2.45, 2.75) is 65.6 Å². The van der Waals surface area contributed by atoms with Crippen molar-refractivity contribution in [3.63, 3.8) is 0 Å². The second kappa shape index (κ2) is 12.1. The predicted molar refractivity (Wildman–Crippen MR) is 152 cm³/mol. The monoisotopic (exact) mass is 517 g/mol. The van der Waals surface area contributed by atoms with E-state index in [2.05, 4.69) is 10.6 Å². The van der Waals surface area contributed by atoms with E-state index in [1.54, 1.807) is 27.8 Å². The molecule has 0 radical (unpaired) electrons. The highest BCUT2D eigenvalue weighted by molar-refractivity contribution is 6.00. The van der Waals surface area contributed by atoms with Crippen LogP contribution in [0.25, 0.3) is 10.8 Å². The van der Waals surface area contributed by atoms with E-state index < -0.39 is 23.8 Å². The molecule has 0 saturated carbocycles. The molecule has 7 heteroatoms. The number of nitrogens with zero attached hydrogens (tertiary/aromatic N) is 1. The van der Waals surface area contributed by atoms with Gasteiger partial charge in [-0.3, -0.25) is 9.59 Å². The Bertz CT molecular complexity index is 1300. The standard InChI is InChI=1S/C31H39N3O4/c1-8-20(2)26(33-30(37)38-31(4,5)6)29(36)34(7)27(25-16-12-9-13-21(25)3)28(35)32-24-18-17-22-14-10-11-15-23(22)19-24/h9-20,26-27H,8H2,1-7H3,(H,32,35)(H,33,37). The van der Waals surface area contributed by atoms with Gasteiger partial charge in [0.1, 0.15) is 17.7 Å². The van der Waals surface area contributed by atoms with Gasteiger partial charge in [0.25, 0.3) is 5.91 Å². The molecule has 0 aliphatic rings. The summed E-state index contributed by atoms with van der Waals surface area (Å²) >= 11 is 0. The lowest BCUT2D eigenvalue weighted by atomic mass is 9.95. The minimum absolute atomic E-state index is 0.182. The number of likely N-dealkylation sites (N-methyl/N-ethyl adjacent to an activating group) is 1. The van der Waals surface area contributed by atoms with Crippen LogP contribution in [0, 0.1) is 12.8 Å². The van der Waals surface area contributed by atoms with Gasteiger partial charge in [-0.25, -0.2) is 4.79 Å². The van der Waals surface area contributed by atoms with Gasteiger partial charge < -0.3 is 20.3 Å². The molecule has 7 nitrogen and oxygen atoms in total. The summed E-state index contributed by atoms with van der Waals surface area (Å²) in [6, 6.07) is 19.4. The SMILES string of the molecule is CCC(C)C(NC(=O)OC(C)(C)C)C(=O)N(C)C(C(=O)Nc1ccc2ccccc2c1)c1ccccc1C. The molecular formula is C31H39N3O4. The Hall–Kier alpha value is -3.87. The Morgan fingerprint density at radius 3 is 2.21 bits per heavy atom. The third kappa shape index (κ3) is 7.12. The first kappa shape index (κ1) is 28.7. The van der Waals surface area contributed by atoms with Crippen molar-refractivity contribution < 1.29 is 19.1 Å². The van der Waals surface area contributed by atoms with Crippen molar-refractivity contribution in [1.29, 1.82) is 0 Å². The normalized spacial score (nSPS) is 13.8. The second-order valence-electron chi connectivity index (χ2n) is 10.8. The molecule has 3 rings (SSSR count). The largest absolute Gasteiger partial charge is 0.444 e. The van der Waals surface area contributed by atoms with Gasteiger partial charge >= 0.3 is 6.09 Å². The maximum atomic E-state index is 13.9. The Morgan fingerprint density at radius 2 is 1.58 bits per heavy atom. The van der Waals surface area contributed by atoms with E-state index in [0.29, 0.717) is 17.7 Å². The number of fused-ring (bicyclic) bond motifs is 1. The molecule has 202 valence electrons. The molecule has 0 aliphatic heterocycles. The Balaban J connectivity index is 1.94. The zero-order valence-corrected chi connectivity index (χ0v) is 23.4. The van der Waals surface area contributed by atoms with Crippen LogP contribution in [-0.4, -0.2) is 41.5 Å². The fourth-order valence-corrected chi connectivity index (χ4v) is 4.36. The van der Waals surface area contributed by atoms with Crippen molar-refractivity contribution >= 4 is 34.4 Å². The number of hydrogen-bond acceptors (Lipinski definition) is 4. The minimum Gasteiger partial charge on any atom is -0.444 e. The van der Waals surface area contributed by atoms with E-state index in [1.807, 2.05) is 87.5 Å². The van der Waals surface area contributed by atoms with Crippen LogP contribution in [-0.2, 0) is 14.3 Å². The molecule has 38 heavy (non-hydrogen) atoms. The highest BCUT2D eigenvalue weighted by atomic mass is 16.6. The molecule has 2 N–H and O–H groups in total. The molecular weight excluding hydrogens is 478 g/mol. The van der Waals surface area contributed by atoms with E-state index >= 15 is 0 Å². The smallest absolute Gasteiger partial charge is 0.408 e. The zero-order chi connectivity index (χ0) is 28.0. The summed E-state index contributed by atoms with van der Waals surface area (Å²) in [5.41, 5.74) is 1.52. The molecule has 0 heterocycles. The number of amides is 3. The number of carbonyl (C=O) groups is 3. The highest BCUT2D eigenvalue weighted by Gasteiger charge is 2.36. The summed E-state index contributed by atoms with van der Waals surface area (Å²) in [5, 5.41) is 7.82. The molecule has 0 fully saturated rings. The van der Waals surface area contributed by atoms with Gasteiger partial charge in [0.15, 0.2) is 0 Å². The van der Waals surface area contributed by atoms with E-state index in [4.69, 9.17) is 4.74 Å². The molecule has 0 spiro atoms. The third-order valence-corrected chi connectivity index (χ3v) is 6.63. The maximum Gasteiger partial charge on any atom is 0.408 e. The number of benzene rings is 3. The second-order valence-corrected chi connectivity index (χ2v) is 10.8. The van der Waals surface area contributed by atoms with Crippen LogP contribution in [0.2, 0.25) is 0 Å². The first-order valence-corrected chi connectivity index (χ1v) is 13.0. The molecule has 3 amide bonds. The lowest BCUT2D eigenvalue weighted by Crippen LogP contribution is -2.53. The van der Waals surface area contributed by atoms with Crippen LogP contribution >= 0.6 is 0 Å². The van der Waals surface area contributed by atoms with Gasteiger partial charge in [0.05, 0.1) is 0 Å². The van der Waals surface area contributed by atoms with Crippen molar-refractivity contribution in [2.24, 2.45) is 5.92 Å². The summed E-state index contributed by atoms with van der Waals surface area (Å²) < 4.78 is 5.42. The lowest BCUT2D eigenvalue weighted by molar-refractivity contribution is -0.140. The van der Waals surface area contributed by atoms with Crippen LogP contribution in [0.1, 0.15) is 58.2 Å². The molecule has 3 aromatic carbocycles. The summed E-state index contributed by atoms with van der Waals surface area (Å²) in [5.74, 6) is -0.892. The van der Waals surface area contributed by atoms with Gasteiger partial charge in [0.2, 0.25) is 5.91 Å². The van der Waals surface area contributed by atoms with Crippen LogP contribution in [0.5, 0.6) is 0 Å². The van der Waals surface area contributed by atoms with Gasteiger partial charge in [-0.1, -0.05) is 74.9 Å². The Morgan fingerprint density at radius 1 is 0.947 bits per heavy atom. The van der Waals surface area contributed by atoms with E-state index in [1.165, 1.54) is 4.90 Å². The molecule has 0 aromatic heterocycles. The van der Waals surface area contributed by atoms with Crippen molar-refractivity contribution in [2.75, 3.05) is 12.4 Å². The number of rotatable bonds is 8. The number of aryl methyl sites for hydroxylation is 1. The molecule has 0 saturated heterocycles. The van der Waals surface area contributed by atoms with Crippen molar-refractivity contribution in [3.8, 4) is 0 Å². The molecule has 0 aliphatic carbocycles. The topological polar surface area (TPSA) is 87.7 Å². The van der Waals surface area contributed by atoms with Gasteiger partial charge in [-0.15, -0.1) is 0 Å². The Labute approximate surface area is 225 Å². The predicted octanol–water partition coefficient (Wildman–Crippen LogP) is 6.23. The summed E-state index contributed by atoms with van der Waals surface area (Å²) in [4.78, 5) is 41.7. The molecule has 3 unspecified atom stereocenters. The number of anilines is 1. The van der Waals surface area contributed by atoms with Crippen LogP contribution in [0.3, 0.4) is 0 Å². The van der Waals surface area contributed by atoms with E-state index in [-0.39, 0.29) is 17.7 Å². The average Bonchev–Trinajstić information content (AvgIpc) is 2.86. The van der Waals surface area contributed by atoms with Gasteiger partial charge in [0, 0.05) is 12.7 Å². The fraction of sp³-hybridized carbons (Fsp3) is 0.387. The summed E-state index contributed by atoms with van der Waals surface area (Å²) in [7, 11) is 1.60. The third-order valence-electron chi connectivity index (χ3n) is 6.63. The lowest BCUT2D eigenvalue weighted by Gasteiger charge is -2.34. The molecule has 0 bridgehead atoms. The number of hydrogen-bond donors (Lipinski definition) is 2. The first-order valence-electron chi connectivity index (χ1n) is 13.0. The van der Waals surface area contributed by atoms with Crippen LogP contribution in [0.15, 0.2) is 66.7 Å². The highest BCUT2D eigenvalue weighted by Crippen LogP contribution is 2.28. The molecule has 3 aromatic rings. The quantitative estimate of drug-likeness (QED) is 0.371. The first-order chi connectivity index (χ1) is 17.9.